The van der Waals surface area contributed by atoms with Gasteiger partial charge in [0.15, 0.2) is 34.5 Å². The van der Waals surface area contributed by atoms with Gasteiger partial charge in [0, 0.05) is 116 Å². The summed E-state index contributed by atoms with van der Waals surface area (Å²) >= 11 is 0. The molecule has 0 fully saturated rings. The van der Waals surface area contributed by atoms with Crippen molar-refractivity contribution in [2.45, 2.75) is 0 Å². The molecule has 0 bridgehead atoms. The lowest BCUT2D eigenvalue weighted by atomic mass is 10.1. The van der Waals surface area contributed by atoms with Crippen LogP contribution in [0.15, 0.2) is 295 Å². The molecule has 0 saturated carbocycles. The maximum atomic E-state index is 6.45. The molecule has 15 heteroatoms. The molecule has 0 unspecified atom stereocenters. The van der Waals surface area contributed by atoms with Crippen molar-refractivity contribution in [2.75, 3.05) is 0 Å². The Hall–Kier alpha value is -13.0. The molecule has 15 nitrogen and oxygen atoms in total. The Morgan fingerprint density at radius 3 is 1.00 bits per heavy atom. The van der Waals surface area contributed by atoms with Crippen LogP contribution in [0.25, 0.3) is 168 Å². The summed E-state index contributed by atoms with van der Waals surface area (Å²) < 4.78 is 17.4. The Morgan fingerprint density at radius 1 is 0.250 bits per heavy atom. The topological polar surface area (TPSA) is 178 Å². The molecule has 18 rings (SSSR count). The molecule has 0 N–H and O–H groups in total. The monoisotopic (exact) mass is 1190 g/mol. The summed E-state index contributed by atoms with van der Waals surface area (Å²) in [5.41, 5.74) is 18.6. The Bertz CT molecular complexity index is 5260. The summed E-state index contributed by atoms with van der Waals surface area (Å²) in [6.07, 6.45) is 14.0. The van der Waals surface area contributed by atoms with Crippen molar-refractivity contribution in [1.29, 1.82) is 0 Å². The largest absolute Gasteiger partial charge is 0.435 e. The molecular weight excluding hydrogens is 1140 g/mol. The minimum atomic E-state index is 0.580. The predicted octanol–water partition coefficient (Wildman–Crippen LogP) is 17.7. The van der Waals surface area contributed by atoms with Crippen molar-refractivity contribution < 1.29 is 8.83 Å². The van der Waals surface area contributed by atoms with Gasteiger partial charge in [-0.05, 0) is 152 Å². The average molecular weight is 1190 g/mol. The van der Waals surface area contributed by atoms with Crippen molar-refractivity contribution in [3.63, 3.8) is 0 Å². The first kappa shape index (κ1) is 53.2. The minimum Gasteiger partial charge on any atom is -0.435 e. The van der Waals surface area contributed by atoms with E-state index in [4.69, 9.17) is 43.7 Å². The molecule has 92 heavy (non-hydrogen) atoms. The number of rotatable bonds is 10. The summed E-state index contributed by atoms with van der Waals surface area (Å²) in [5.74, 6) is 3.61. The van der Waals surface area contributed by atoms with Crippen LogP contribution in [-0.4, -0.2) is 64.0 Å². The number of nitrogens with zero attached hydrogens (tertiary/aromatic N) is 13. The number of hydrogen-bond donors (Lipinski definition) is 0. The van der Waals surface area contributed by atoms with Crippen molar-refractivity contribution in [3.8, 4) is 102 Å². The Morgan fingerprint density at radius 2 is 0.587 bits per heavy atom. The Labute approximate surface area is 524 Å². The quantitative estimate of drug-likeness (QED) is 0.126. The third-order valence-corrected chi connectivity index (χ3v) is 16.4. The zero-order valence-corrected chi connectivity index (χ0v) is 48.8. The van der Waals surface area contributed by atoms with Gasteiger partial charge < -0.3 is 18.0 Å². The highest BCUT2D eigenvalue weighted by atomic mass is 16.4. The van der Waals surface area contributed by atoms with E-state index in [0.29, 0.717) is 35.1 Å². The first-order valence-electron chi connectivity index (χ1n) is 29.8. The van der Waals surface area contributed by atoms with E-state index in [1.165, 1.54) is 0 Å². The fourth-order valence-electron chi connectivity index (χ4n) is 12.0. The highest BCUT2D eigenvalue weighted by molar-refractivity contribution is 6.20. The molecular formula is C77H47N13O2. The molecule has 0 aliphatic heterocycles. The molecule has 18 aromatic rings. The van der Waals surface area contributed by atoms with Crippen LogP contribution in [-0.2, 0) is 0 Å². The lowest BCUT2D eigenvalue weighted by Gasteiger charge is -2.11. The van der Waals surface area contributed by atoms with Gasteiger partial charge in [-0.3, -0.25) is 19.9 Å². The molecule has 0 aliphatic carbocycles. The van der Waals surface area contributed by atoms with E-state index in [-0.39, 0.29) is 0 Å². The lowest BCUT2D eigenvalue weighted by molar-refractivity contribution is 0.622. The zero-order chi connectivity index (χ0) is 60.9. The van der Waals surface area contributed by atoms with Crippen LogP contribution in [0, 0.1) is 0 Å². The van der Waals surface area contributed by atoms with E-state index in [2.05, 4.69) is 138 Å². The molecule has 0 atom stereocenters. The van der Waals surface area contributed by atoms with Crippen molar-refractivity contribution >= 4 is 65.8 Å². The number of oxazole rings is 2. The molecule has 8 aromatic carbocycles. The van der Waals surface area contributed by atoms with Crippen LogP contribution in [0.2, 0.25) is 0 Å². The first-order chi connectivity index (χ1) is 45.6. The fourth-order valence-corrected chi connectivity index (χ4v) is 12.0. The summed E-state index contributed by atoms with van der Waals surface area (Å²) in [6.45, 7) is 0. The predicted molar refractivity (Wildman–Crippen MR) is 360 cm³/mol. The Kier molecular flexibility index (Phi) is 13.1. The first-order valence-corrected chi connectivity index (χ1v) is 29.8. The number of pyridine rings is 4. The number of benzene rings is 8. The standard InChI is InChI=1S/C39H24N6O.C38H23N7O/c1-2-6-28(7-3-1)39-44-31-14-15-35-36(37(31)46-39)30-8-4-5-9-34(30)45(35)29-12-10-25(11-13-29)32-24-33(26-16-20-40-21-17-26)43-38(42-32)27-18-22-41-23-19-27;1-2-6-27(7-3-1)38-41-30-14-15-32-33(34(30)46-38)29-8-4-5-9-31(29)45(32)28-12-10-24(11-13-28)35-42-36(25-16-20-39-21-17-25)44-37(43-35)26-18-22-40-23-19-26/h1-24H;1-23H. The summed E-state index contributed by atoms with van der Waals surface area (Å²) in [6, 6.07) is 79.4. The van der Waals surface area contributed by atoms with Crippen LogP contribution >= 0.6 is 0 Å². The van der Waals surface area contributed by atoms with Crippen LogP contribution < -0.4 is 0 Å². The van der Waals surface area contributed by atoms with Gasteiger partial charge in [-0.15, -0.1) is 0 Å². The van der Waals surface area contributed by atoms with Gasteiger partial charge in [-0.25, -0.2) is 34.9 Å². The summed E-state index contributed by atoms with van der Waals surface area (Å²) in [4.78, 5) is 50.7. The zero-order valence-electron chi connectivity index (χ0n) is 48.8. The molecule has 0 radical (unpaired) electrons. The second-order valence-electron chi connectivity index (χ2n) is 21.9. The maximum Gasteiger partial charge on any atom is 0.227 e. The SMILES string of the molecule is c1ccc(-c2nc3ccc4c(c5ccccc5n4-c4ccc(-c5cc(-c6ccncc6)nc(-c6ccncc6)n5)cc4)c3o2)cc1.c1ccc(-c2nc3ccc4c(c5ccccc5n4-c4ccc(-c5nc(-c6ccncc6)nc(-c6ccncc6)n5)cc4)c3o2)cc1. The van der Waals surface area contributed by atoms with E-state index in [9.17, 15) is 0 Å². The number of fused-ring (bicyclic) bond motifs is 10. The van der Waals surface area contributed by atoms with E-state index < -0.39 is 0 Å². The van der Waals surface area contributed by atoms with Gasteiger partial charge in [-0.1, -0.05) is 84.9 Å². The second-order valence-corrected chi connectivity index (χ2v) is 21.9. The van der Waals surface area contributed by atoms with Gasteiger partial charge >= 0.3 is 0 Å². The maximum absolute atomic E-state index is 6.45. The molecule has 0 aliphatic rings. The lowest BCUT2D eigenvalue weighted by Crippen LogP contribution is -2.00. The Balaban J connectivity index is 0.000000141. The van der Waals surface area contributed by atoms with Gasteiger partial charge in [0.25, 0.3) is 0 Å². The third-order valence-electron chi connectivity index (χ3n) is 16.4. The molecule has 0 amide bonds. The van der Waals surface area contributed by atoms with E-state index >= 15 is 0 Å². The normalized spacial score (nSPS) is 11.5. The van der Waals surface area contributed by atoms with Gasteiger partial charge in [0.2, 0.25) is 11.8 Å². The summed E-state index contributed by atoms with van der Waals surface area (Å²) in [5, 5.41) is 4.30. The summed E-state index contributed by atoms with van der Waals surface area (Å²) in [7, 11) is 0. The molecule has 0 spiro atoms. The highest BCUT2D eigenvalue weighted by Gasteiger charge is 2.22. The van der Waals surface area contributed by atoms with Crippen molar-refractivity contribution in [1.82, 2.24) is 64.0 Å². The van der Waals surface area contributed by atoms with Crippen molar-refractivity contribution in [3.05, 3.63) is 286 Å². The number of hydrogen-bond acceptors (Lipinski definition) is 13. The fraction of sp³-hybridized carbons (Fsp3) is 0. The molecule has 0 saturated heterocycles. The smallest absolute Gasteiger partial charge is 0.227 e. The third kappa shape index (κ3) is 9.62. The second kappa shape index (κ2) is 22.6. The molecule has 432 valence electrons. The van der Waals surface area contributed by atoms with Crippen LogP contribution in [0.3, 0.4) is 0 Å². The van der Waals surface area contributed by atoms with Gasteiger partial charge in [0.1, 0.15) is 11.0 Å². The molecule has 10 aromatic heterocycles. The van der Waals surface area contributed by atoms with E-state index in [1.54, 1.807) is 49.6 Å². The van der Waals surface area contributed by atoms with E-state index in [0.717, 1.165) is 133 Å². The van der Waals surface area contributed by atoms with Gasteiger partial charge in [-0.2, -0.15) is 0 Å². The number of para-hydroxylation sites is 2. The van der Waals surface area contributed by atoms with Crippen LogP contribution in [0.4, 0.5) is 0 Å². The van der Waals surface area contributed by atoms with Gasteiger partial charge in [0.05, 0.1) is 44.2 Å². The van der Waals surface area contributed by atoms with Crippen LogP contribution in [0.1, 0.15) is 0 Å². The van der Waals surface area contributed by atoms with Crippen LogP contribution in [0.5, 0.6) is 0 Å². The minimum absolute atomic E-state index is 0.580. The van der Waals surface area contributed by atoms with E-state index in [1.807, 2.05) is 127 Å². The molecule has 10 heterocycles. The number of aromatic nitrogens is 13. The average Bonchev–Trinajstić information content (AvgIpc) is 1.59. The van der Waals surface area contributed by atoms with Crippen molar-refractivity contribution in [2.24, 2.45) is 0 Å². The highest BCUT2D eigenvalue weighted by Crippen LogP contribution is 2.41.